The van der Waals surface area contributed by atoms with Gasteiger partial charge in [0, 0.05) is 36.4 Å². The van der Waals surface area contributed by atoms with Crippen LogP contribution in [-0.4, -0.2) is 39.1 Å². The summed E-state index contributed by atoms with van der Waals surface area (Å²) in [6.45, 7) is 1.81. The van der Waals surface area contributed by atoms with Crippen molar-refractivity contribution in [1.82, 2.24) is 15.0 Å². The maximum absolute atomic E-state index is 13.7. The first-order valence-electron chi connectivity index (χ1n) is 10.2. The number of phenols is 1. The van der Waals surface area contributed by atoms with Crippen molar-refractivity contribution in [1.29, 1.82) is 0 Å². The molecule has 0 unspecified atom stereocenters. The van der Waals surface area contributed by atoms with Crippen LogP contribution in [0, 0.1) is 5.82 Å². The first kappa shape index (κ1) is 21.2. The number of primary amides is 1. The third-order valence-electron chi connectivity index (χ3n) is 5.15. The number of pyridine rings is 1. The minimum atomic E-state index is -0.419. The van der Waals surface area contributed by atoms with Crippen molar-refractivity contribution in [3.63, 3.8) is 0 Å². The number of aromatic hydroxyl groups is 1. The van der Waals surface area contributed by atoms with Crippen LogP contribution in [0.1, 0.15) is 23.2 Å². The van der Waals surface area contributed by atoms with E-state index >= 15 is 0 Å². The summed E-state index contributed by atoms with van der Waals surface area (Å²) in [4.78, 5) is 25.4. The number of nitrogens with two attached hydrogens (primary N) is 1. The molecule has 162 valence electrons. The summed E-state index contributed by atoms with van der Waals surface area (Å²) >= 11 is 0. The smallest absolute Gasteiger partial charge is 0.248 e. The summed E-state index contributed by atoms with van der Waals surface area (Å²) in [5.41, 5.74) is 6.70. The second-order valence-electron chi connectivity index (χ2n) is 7.34. The van der Waals surface area contributed by atoms with E-state index in [1.807, 2.05) is 6.07 Å². The van der Waals surface area contributed by atoms with E-state index in [-0.39, 0.29) is 11.6 Å². The van der Waals surface area contributed by atoms with Crippen LogP contribution in [0.4, 0.5) is 10.2 Å². The number of para-hydroxylation sites is 1. The highest BCUT2D eigenvalue weighted by Crippen LogP contribution is 2.32. The molecule has 1 aliphatic rings. The average molecular weight is 431 g/mol. The number of hydrogen-bond acceptors (Lipinski definition) is 6. The summed E-state index contributed by atoms with van der Waals surface area (Å²) in [6.07, 6.45) is 5.26. The molecule has 1 saturated heterocycles. The fourth-order valence-corrected chi connectivity index (χ4v) is 3.55. The van der Waals surface area contributed by atoms with Crippen LogP contribution in [0.5, 0.6) is 5.75 Å². The van der Waals surface area contributed by atoms with Gasteiger partial charge in [-0.05, 0) is 55.3 Å². The Labute approximate surface area is 184 Å². The lowest BCUT2D eigenvalue weighted by molar-refractivity contribution is 0.1000. The Kier molecular flexibility index (Phi) is 6.21. The standard InChI is InChI=1S/C18H16FN3O.C6H6N2O/c19-12-7-8-15-14(11-12)18(22-9-3-4-10-22)21-17(20-15)13-5-1-2-6-16(13)23;7-6(9)5-1-3-8-4-2-5/h1-2,5-8,11,23H,3-4,9-10H2;1-4H,(H2,7,9). The molecule has 0 aliphatic carbocycles. The molecule has 0 spiro atoms. The maximum atomic E-state index is 13.7. The van der Waals surface area contributed by atoms with E-state index < -0.39 is 5.91 Å². The molecule has 7 nitrogen and oxygen atoms in total. The van der Waals surface area contributed by atoms with Gasteiger partial charge in [0.05, 0.1) is 11.1 Å². The monoisotopic (exact) mass is 431 g/mol. The zero-order valence-electron chi connectivity index (χ0n) is 17.3. The van der Waals surface area contributed by atoms with Crippen molar-refractivity contribution in [2.45, 2.75) is 12.8 Å². The molecule has 1 aliphatic heterocycles. The van der Waals surface area contributed by atoms with Crippen molar-refractivity contribution in [3.05, 3.63) is 78.4 Å². The zero-order chi connectivity index (χ0) is 22.5. The largest absolute Gasteiger partial charge is 0.507 e. The molecule has 3 heterocycles. The van der Waals surface area contributed by atoms with E-state index in [9.17, 15) is 14.3 Å². The molecule has 0 bridgehead atoms. The van der Waals surface area contributed by atoms with Gasteiger partial charge >= 0.3 is 0 Å². The number of hydrogen-bond donors (Lipinski definition) is 2. The quantitative estimate of drug-likeness (QED) is 0.509. The van der Waals surface area contributed by atoms with Gasteiger partial charge in [-0.25, -0.2) is 14.4 Å². The summed E-state index contributed by atoms with van der Waals surface area (Å²) in [5.74, 6) is 0.630. The summed E-state index contributed by atoms with van der Waals surface area (Å²) in [5, 5.41) is 10.8. The lowest BCUT2D eigenvalue weighted by atomic mass is 10.1. The maximum Gasteiger partial charge on any atom is 0.248 e. The predicted molar refractivity (Wildman–Crippen MR) is 121 cm³/mol. The second kappa shape index (κ2) is 9.38. The van der Waals surface area contributed by atoms with Crippen molar-refractivity contribution in [2.75, 3.05) is 18.0 Å². The van der Waals surface area contributed by atoms with E-state index in [4.69, 9.17) is 5.73 Å². The van der Waals surface area contributed by atoms with Gasteiger partial charge in [0.25, 0.3) is 0 Å². The van der Waals surface area contributed by atoms with Crippen LogP contribution in [-0.2, 0) is 0 Å². The highest BCUT2D eigenvalue weighted by molar-refractivity contribution is 5.92. The van der Waals surface area contributed by atoms with Crippen molar-refractivity contribution in [3.8, 4) is 17.1 Å². The molecule has 0 atom stereocenters. The van der Waals surface area contributed by atoms with Crippen molar-refractivity contribution in [2.24, 2.45) is 5.73 Å². The third kappa shape index (κ3) is 4.64. The molecule has 3 N–H and O–H groups in total. The van der Waals surface area contributed by atoms with Crippen LogP contribution < -0.4 is 10.6 Å². The first-order chi connectivity index (χ1) is 15.5. The highest BCUT2D eigenvalue weighted by atomic mass is 19.1. The summed E-state index contributed by atoms with van der Waals surface area (Å²) in [6, 6.07) is 14.7. The molecule has 1 amide bonds. The average Bonchev–Trinajstić information content (AvgIpc) is 3.35. The third-order valence-corrected chi connectivity index (χ3v) is 5.15. The molecule has 8 heteroatoms. The summed E-state index contributed by atoms with van der Waals surface area (Å²) in [7, 11) is 0. The number of aromatic nitrogens is 3. The van der Waals surface area contributed by atoms with Crippen LogP contribution in [0.2, 0.25) is 0 Å². The Bertz CT molecular complexity index is 1240. The lowest BCUT2D eigenvalue weighted by Gasteiger charge is -2.19. The normalized spacial score (nSPS) is 13.0. The van der Waals surface area contributed by atoms with Gasteiger partial charge in [-0.3, -0.25) is 9.78 Å². The number of benzene rings is 2. The minimum absolute atomic E-state index is 0.140. The number of halogens is 1. The Balaban J connectivity index is 0.000000230. The van der Waals surface area contributed by atoms with E-state index in [0.29, 0.717) is 27.9 Å². The second-order valence-corrected chi connectivity index (χ2v) is 7.34. The molecule has 1 fully saturated rings. The molecule has 2 aromatic carbocycles. The number of carbonyl (C=O) groups is 1. The van der Waals surface area contributed by atoms with Gasteiger partial charge in [-0.1, -0.05) is 12.1 Å². The van der Waals surface area contributed by atoms with Crippen LogP contribution in [0.3, 0.4) is 0 Å². The molecule has 32 heavy (non-hydrogen) atoms. The van der Waals surface area contributed by atoms with E-state index in [1.54, 1.807) is 36.4 Å². The van der Waals surface area contributed by atoms with Gasteiger partial charge in [0.2, 0.25) is 5.91 Å². The van der Waals surface area contributed by atoms with Gasteiger partial charge < -0.3 is 15.7 Å². The number of amides is 1. The SMILES string of the molecule is NC(=O)c1ccncc1.Oc1ccccc1-c1nc(N2CCCC2)c2cc(F)ccc2n1. The molecule has 2 aromatic heterocycles. The fraction of sp³-hybridized carbons (Fsp3) is 0.167. The molecule has 5 rings (SSSR count). The number of nitrogens with zero attached hydrogens (tertiary/aromatic N) is 4. The molecule has 0 radical (unpaired) electrons. The predicted octanol–water partition coefficient (Wildman–Crippen LogP) is 3.92. The minimum Gasteiger partial charge on any atom is -0.507 e. The van der Waals surface area contributed by atoms with Crippen molar-refractivity contribution < 1.29 is 14.3 Å². The molecular weight excluding hydrogens is 409 g/mol. The summed E-state index contributed by atoms with van der Waals surface area (Å²) < 4.78 is 13.7. The number of fused-ring (bicyclic) bond motifs is 1. The molecular formula is C24H22FN5O2. The van der Waals surface area contributed by atoms with Gasteiger partial charge in [0.15, 0.2) is 5.82 Å². The van der Waals surface area contributed by atoms with Crippen LogP contribution in [0.25, 0.3) is 22.3 Å². The van der Waals surface area contributed by atoms with E-state index in [2.05, 4.69) is 19.9 Å². The van der Waals surface area contributed by atoms with E-state index in [0.717, 1.165) is 31.7 Å². The topological polar surface area (TPSA) is 105 Å². The van der Waals surface area contributed by atoms with E-state index in [1.165, 1.54) is 24.5 Å². The number of rotatable bonds is 3. The Hall–Kier alpha value is -4.07. The Morgan fingerprint density at radius 2 is 1.72 bits per heavy atom. The van der Waals surface area contributed by atoms with Gasteiger partial charge in [-0.15, -0.1) is 0 Å². The fourth-order valence-electron chi connectivity index (χ4n) is 3.55. The Morgan fingerprint density at radius 3 is 2.38 bits per heavy atom. The van der Waals surface area contributed by atoms with Gasteiger partial charge in [0.1, 0.15) is 17.4 Å². The van der Waals surface area contributed by atoms with Crippen molar-refractivity contribution >= 4 is 22.6 Å². The van der Waals surface area contributed by atoms with Gasteiger partial charge in [-0.2, -0.15) is 0 Å². The van der Waals surface area contributed by atoms with Crippen LogP contribution in [0.15, 0.2) is 67.0 Å². The number of carbonyl (C=O) groups excluding carboxylic acids is 1. The first-order valence-corrected chi connectivity index (χ1v) is 10.2. The van der Waals surface area contributed by atoms with Crippen LogP contribution >= 0.6 is 0 Å². The number of anilines is 1. The Morgan fingerprint density at radius 1 is 1.00 bits per heavy atom. The molecule has 4 aromatic rings. The lowest BCUT2D eigenvalue weighted by Crippen LogP contribution is -2.20. The number of phenolic OH excluding ortho intramolecular Hbond substituents is 1. The molecule has 0 saturated carbocycles. The zero-order valence-corrected chi connectivity index (χ0v) is 17.3. The highest BCUT2D eigenvalue weighted by Gasteiger charge is 2.20.